The second kappa shape index (κ2) is 10.6. The smallest absolute Gasteiger partial charge is 0.314 e. The second-order valence-corrected chi connectivity index (χ2v) is 6.87. The van der Waals surface area contributed by atoms with Crippen molar-refractivity contribution in [1.82, 2.24) is 31.5 Å². The minimum atomic E-state index is -1.14. The Morgan fingerprint density at radius 3 is 1.85 bits per heavy atom. The third kappa shape index (κ3) is 5.73. The highest BCUT2D eigenvalue weighted by Crippen LogP contribution is 2.30. The Balaban J connectivity index is 1.85. The summed E-state index contributed by atoms with van der Waals surface area (Å²) in [6.07, 6.45) is 1.55. The van der Waals surface area contributed by atoms with E-state index < -0.39 is 23.3 Å². The number of barbiturate groups is 1. The Labute approximate surface area is 155 Å². The molecule has 2 aliphatic rings. The number of rotatable bonds is 5. The summed E-state index contributed by atoms with van der Waals surface area (Å²) in [5, 5.41) is 14.7. The van der Waals surface area contributed by atoms with Crippen LogP contribution in [-0.2, 0) is 9.59 Å². The molecule has 9 heteroatoms. The monoisotopic (exact) mass is 368 g/mol. The number of nitrogens with zero attached hydrogens (tertiary/aromatic N) is 1. The largest absolute Gasteiger partial charge is 0.328 e. The molecule has 2 rings (SSSR count). The first-order chi connectivity index (χ1) is 12.6. The van der Waals surface area contributed by atoms with Gasteiger partial charge in [-0.3, -0.25) is 20.2 Å². The lowest BCUT2D eigenvalue weighted by Crippen LogP contribution is -2.62. The summed E-state index contributed by atoms with van der Waals surface area (Å²) in [4.78, 5) is 38.2. The van der Waals surface area contributed by atoms with Gasteiger partial charge in [0.25, 0.3) is 0 Å². The van der Waals surface area contributed by atoms with Crippen molar-refractivity contribution in [3.63, 3.8) is 0 Å². The van der Waals surface area contributed by atoms with Crippen LogP contribution < -0.4 is 26.6 Å². The zero-order chi connectivity index (χ0) is 18.8. The van der Waals surface area contributed by atoms with Gasteiger partial charge in [0, 0.05) is 52.4 Å². The quantitative estimate of drug-likeness (QED) is 0.380. The van der Waals surface area contributed by atoms with E-state index >= 15 is 0 Å². The van der Waals surface area contributed by atoms with E-state index in [1.807, 2.05) is 6.92 Å². The van der Waals surface area contributed by atoms with E-state index in [0.29, 0.717) is 12.8 Å². The Hall–Kier alpha value is -1.55. The zero-order valence-electron chi connectivity index (χ0n) is 15.7. The molecule has 26 heavy (non-hydrogen) atoms. The van der Waals surface area contributed by atoms with Gasteiger partial charge < -0.3 is 20.9 Å². The highest BCUT2D eigenvalue weighted by Gasteiger charge is 2.48. The van der Waals surface area contributed by atoms with Crippen molar-refractivity contribution < 1.29 is 14.4 Å². The molecule has 0 bridgehead atoms. The van der Waals surface area contributed by atoms with Gasteiger partial charge in [0.15, 0.2) is 0 Å². The van der Waals surface area contributed by atoms with Gasteiger partial charge in [0.1, 0.15) is 5.41 Å². The van der Waals surface area contributed by atoms with Crippen LogP contribution in [0.3, 0.4) is 0 Å². The fraction of sp³-hybridized carbons (Fsp3) is 0.824. The van der Waals surface area contributed by atoms with Crippen molar-refractivity contribution in [2.75, 3.05) is 58.9 Å². The molecule has 2 aliphatic heterocycles. The zero-order valence-corrected chi connectivity index (χ0v) is 15.7. The highest BCUT2D eigenvalue weighted by molar-refractivity contribution is 6.19. The second-order valence-electron chi connectivity index (χ2n) is 6.87. The van der Waals surface area contributed by atoms with Crippen molar-refractivity contribution in [2.45, 2.75) is 26.2 Å². The first-order valence-corrected chi connectivity index (χ1v) is 9.60. The predicted octanol–water partition coefficient (Wildman–Crippen LogP) is -1.39. The van der Waals surface area contributed by atoms with Gasteiger partial charge in [0.2, 0.25) is 11.8 Å². The summed E-state index contributed by atoms with van der Waals surface area (Å²) >= 11 is 0. The van der Waals surface area contributed by atoms with E-state index in [1.54, 1.807) is 0 Å². The first kappa shape index (κ1) is 20.8. The van der Waals surface area contributed by atoms with Gasteiger partial charge in [-0.2, -0.15) is 0 Å². The number of nitrogens with one attached hydrogen (secondary N) is 5. The molecule has 0 aliphatic carbocycles. The van der Waals surface area contributed by atoms with E-state index in [2.05, 4.69) is 31.5 Å². The van der Waals surface area contributed by atoms with Crippen LogP contribution in [0.4, 0.5) is 4.79 Å². The molecule has 0 unspecified atom stereocenters. The molecule has 5 N–H and O–H groups in total. The number of amides is 4. The molecular weight excluding hydrogens is 336 g/mol. The van der Waals surface area contributed by atoms with Gasteiger partial charge in [-0.1, -0.05) is 6.92 Å². The van der Waals surface area contributed by atoms with Crippen molar-refractivity contribution >= 4 is 17.8 Å². The summed E-state index contributed by atoms with van der Waals surface area (Å²) in [5.74, 6) is -0.948. The highest BCUT2D eigenvalue weighted by atomic mass is 16.2. The van der Waals surface area contributed by atoms with Crippen molar-refractivity contribution in [1.29, 1.82) is 0 Å². The lowest BCUT2D eigenvalue weighted by molar-refractivity contribution is -0.145. The van der Waals surface area contributed by atoms with Crippen LogP contribution in [0.5, 0.6) is 0 Å². The Kier molecular flexibility index (Phi) is 8.43. The van der Waals surface area contributed by atoms with Crippen LogP contribution in [-0.4, -0.2) is 81.6 Å². The average Bonchev–Trinajstić information content (AvgIpc) is 2.59. The maximum absolute atomic E-state index is 12.3. The number of carbonyl (C=O) groups excluding carboxylic acids is 3. The van der Waals surface area contributed by atoms with Crippen molar-refractivity contribution in [2.24, 2.45) is 5.41 Å². The molecule has 0 radical (unpaired) electrons. The summed E-state index contributed by atoms with van der Waals surface area (Å²) in [6, 6.07) is -0.723. The maximum atomic E-state index is 12.3. The van der Waals surface area contributed by atoms with Crippen LogP contribution in [0.15, 0.2) is 0 Å². The van der Waals surface area contributed by atoms with Crippen LogP contribution in [0.2, 0.25) is 0 Å². The van der Waals surface area contributed by atoms with E-state index in [4.69, 9.17) is 0 Å². The number of carbonyl (C=O) groups is 3. The van der Waals surface area contributed by atoms with Gasteiger partial charge >= 0.3 is 6.03 Å². The van der Waals surface area contributed by atoms with Crippen molar-refractivity contribution in [3.05, 3.63) is 0 Å². The van der Waals surface area contributed by atoms with Crippen molar-refractivity contribution in [3.8, 4) is 0 Å². The first-order valence-electron chi connectivity index (χ1n) is 9.60. The summed E-state index contributed by atoms with van der Waals surface area (Å²) < 4.78 is 0. The molecule has 0 aromatic carbocycles. The Morgan fingerprint density at radius 2 is 1.35 bits per heavy atom. The Bertz CT molecular complexity index is 467. The summed E-state index contributed by atoms with van der Waals surface area (Å²) in [5.41, 5.74) is -1.14. The molecule has 2 fully saturated rings. The number of imide groups is 2. The fourth-order valence-electron chi connectivity index (χ4n) is 3.45. The molecule has 2 saturated heterocycles. The molecular formula is C17H32N6O3. The van der Waals surface area contributed by atoms with E-state index in [9.17, 15) is 14.4 Å². The number of hydrogen-bond acceptors (Lipinski definition) is 7. The molecule has 4 amide bonds. The summed E-state index contributed by atoms with van der Waals surface area (Å²) in [7, 11) is 0. The molecule has 9 nitrogen and oxygen atoms in total. The van der Waals surface area contributed by atoms with E-state index in [0.717, 1.165) is 65.3 Å². The lowest BCUT2D eigenvalue weighted by atomic mass is 9.77. The SMILES string of the molecule is CCC1(CCCN2CCNCCNCCNCC2)C(=O)NC(=O)NC1=O. The standard InChI is InChI=1S/C17H32N6O3/c1-2-17(14(24)21-16(26)22-15(17)25)4-3-11-23-12-9-19-7-5-18-6-8-20-10-13-23/h18-20H,2-13H2,1H3,(H2,21,22,24,25,26). The summed E-state index contributed by atoms with van der Waals surface area (Å²) in [6.45, 7) is 10.1. The maximum Gasteiger partial charge on any atom is 0.328 e. The lowest BCUT2D eigenvalue weighted by Gasteiger charge is -2.33. The minimum absolute atomic E-state index is 0.383. The molecule has 2 heterocycles. The number of urea groups is 1. The minimum Gasteiger partial charge on any atom is -0.314 e. The normalized spacial score (nSPS) is 23.5. The number of hydrogen-bond donors (Lipinski definition) is 5. The van der Waals surface area contributed by atoms with Crippen LogP contribution >= 0.6 is 0 Å². The van der Waals surface area contributed by atoms with Gasteiger partial charge in [0.05, 0.1) is 0 Å². The van der Waals surface area contributed by atoms with E-state index in [-0.39, 0.29) is 0 Å². The fourth-order valence-corrected chi connectivity index (χ4v) is 3.45. The molecule has 148 valence electrons. The molecule has 0 saturated carbocycles. The van der Waals surface area contributed by atoms with Crippen LogP contribution in [0.25, 0.3) is 0 Å². The molecule has 0 aromatic heterocycles. The van der Waals surface area contributed by atoms with Gasteiger partial charge in [-0.25, -0.2) is 4.79 Å². The topological polar surface area (TPSA) is 115 Å². The van der Waals surface area contributed by atoms with Gasteiger partial charge in [-0.15, -0.1) is 0 Å². The van der Waals surface area contributed by atoms with E-state index in [1.165, 1.54) is 0 Å². The Morgan fingerprint density at radius 1 is 0.846 bits per heavy atom. The third-order valence-corrected chi connectivity index (χ3v) is 5.17. The van der Waals surface area contributed by atoms with Crippen LogP contribution in [0, 0.1) is 5.41 Å². The van der Waals surface area contributed by atoms with Gasteiger partial charge in [-0.05, 0) is 25.8 Å². The molecule has 0 spiro atoms. The average molecular weight is 368 g/mol. The third-order valence-electron chi connectivity index (χ3n) is 5.17. The van der Waals surface area contributed by atoms with Crippen LogP contribution in [0.1, 0.15) is 26.2 Å². The molecule has 0 aromatic rings. The molecule has 0 atom stereocenters. The predicted molar refractivity (Wildman–Crippen MR) is 98.7 cm³/mol.